The number of benzene rings is 2. The van der Waals surface area contributed by atoms with Crippen LogP contribution < -0.4 is 4.98 Å². The van der Waals surface area contributed by atoms with Crippen molar-refractivity contribution in [2.75, 3.05) is 0 Å². The summed E-state index contributed by atoms with van der Waals surface area (Å²) in [5.74, 6) is 0. The summed E-state index contributed by atoms with van der Waals surface area (Å²) in [7, 11) is 0. The van der Waals surface area contributed by atoms with Crippen molar-refractivity contribution in [1.82, 2.24) is 0 Å². The predicted molar refractivity (Wildman–Crippen MR) is 111 cm³/mol. The average Bonchev–Trinajstić information content (AvgIpc) is 2.89. The van der Waals surface area contributed by atoms with E-state index in [2.05, 4.69) is 89.0 Å². The molecule has 1 N–H and O–H groups in total. The van der Waals surface area contributed by atoms with Gasteiger partial charge in [-0.1, -0.05) is 35.4 Å². The second-order valence-corrected chi connectivity index (χ2v) is 7.78. The Labute approximate surface area is 156 Å². The number of fused-ring (bicyclic) bond motifs is 3. The van der Waals surface area contributed by atoms with E-state index < -0.39 is 0 Å². The molecule has 26 heavy (non-hydrogen) atoms. The van der Waals surface area contributed by atoms with Gasteiger partial charge in [0.25, 0.3) is 0 Å². The number of aromatic nitrogens is 1. The molecule has 2 aliphatic rings. The van der Waals surface area contributed by atoms with E-state index in [1.807, 2.05) is 0 Å². The van der Waals surface area contributed by atoms with E-state index in [9.17, 15) is 0 Å². The molecule has 1 heterocycles. The molecule has 2 aromatic rings. The lowest BCUT2D eigenvalue weighted by Gasteiger charge is -2.10. The Bertz CT molecular complexity index is 1110. The van der Waals surface area contributed by atoms with Crippen LogP contribution in [-0.4, -0.2) is 0 Å². The van der Waals surface area contributed by atoms with Crippen LogP contribution in [0.15, 0.2) is 42.5 Å². The van der Waals surface area contributed by atoms with E-state index in [-0.39, 0.29) is 0 Å². The van der Waals surface area contributed by atoms with Gasteiger partial charge in [0, 0.05) is 5.56 Å². The first kappa shape index (κ1) is 16.8. The molecule has 1 aliphatic carbocycles. The Hall–Kier alpha value is -2.67. The maximum Gasteiger partial charge on any atom is 0.220 e. The number of aryl methyl sites for hydroxylation is 6. The summed E-state index contributed by atoms with van der Waals surface area (Å²) >= 11 is 0. The van der Waals surface area contributed by atoms with Crippen molar-refractivity contribution in [2.24, 2.45) is 0 Å². The van der Waals surface area contributed by atoms with Gasteiger partial charge in [-0.15, -0.1) is 0 Å². The minimum atomic E-state index is 1.24. The molecule has 2 aromatic carbocycles. The van der Waals surface area contributed by atoms with Gasteiger partial charge in [-0.25, -0.2) is 4.98 Å². The van der Waals surface area contributed by atoms with Gasteiger partial charge in [-0.3, -0.25) is 0 Å². The lowest BCUT2D eigenvalue weighted by Crippen LogP contribution is -2.04. The Balaban J connectivity index is 2.15. The number of H-pyrrole nitrogens is 1. The number of hydrogen-bond donors (Lipinski definition) is 0. The number of para-hydroxylation sites is 1. The van der Waals surface area contributed by atoms with Crippen LogP contribution in [0.5, 0.6) is 0 Å². The monoisotopic (exact) mass is 340 g/mol. The Morgan fingerprint density at radius 2 is 1.15 bits per heavy atom. The fourth-order valence-electron chi connectivity index (χ4n) is 4.61. The van der Waals surface area contributed by atoms with Gasteiger partial charge in [0.15, 0.2) is 0 Å². The zero-order valence-electron chi connectivity index (χ0n) is 16.5. The third kappa shape index (κ3) is 2.50. The summed E-state index contributed by atoms with van der Waals surface area (Å²) in [6.07, 6.45) is 0. The van der Waals surface area contributed by atoms with E-state index in [1.165, 1.54) is 66.7 Å². The minimum absolute atomic E-state index is 1.24. The zero-order valence-corrected chi connectivity index (χ0v) is 16.5. The second kappa shape index (κ2) is 5.95. The average molecular weight is 340 g/mol. The van der Waals surface area contributed by atoms with Gasteiger partial charge in [0.2, 0.25) is 11.2 Å². The highest BCUT2D eigenvalue weighted by molar-refractivity contribution is 6.03. The molecule has 1 aliphatic heterocycles. The molecule has 1 heteroatoms. The van der Waals surface area contributed by atoms with Crippen molar-refractivity contribution in [1.29, 1.82) is 0 Å². The molecule has 0 saturated carbocycles. The largest absolute Gasteiger partial charge is 0.220 e. The molecule has 0 saturated heterocycles. The van der Waals surface area contributed by atoms with E-state index in [0.29, 0.717) is 0 Å². The van der Waals surface area contributed by atoms with Crippen LogP contribution in [-0.2, 0) is 0 Å². The van der Waals surface area contributed by atoms with Gasteiger partial charge in [0.05, 0.1) is 16.5 Å². The van der Waals surface area contributed by atoms with Crippen LogP contribution in [0.25, 0.3) is 33.3 Å². The van der Waals surface area contributed by atoms with Gasteiger partial charge in [0.1, 0.15) is 0 Å². The minimum Gasteiger partial charge on any atom is -0.203 e. The van der Waals surface area contributed by atoms with Gasteiger partial charge in [-0.05, 0) is 82.0 Å². The first-order chi connectivity index (χ1) is 12.4. The molecule has 0 amide bonds. The third-order valence-corrected chi connectivity index (χ3v) is 5.46. The number of aromatic amines is 1. The lowest BCUT2D eigenvalue weighted by molar-refractivity contribution is -0.327. The van der Waals surface area contributed by atoms with E-state index >= 15 is 0 Å². The summed E-state index contributed by atoms with van der Waals surface area (Å²) in [6, 6.07) is 15.8. The smallest absolute Gasteiger partial charge is 0.203 e. The highest BCUT2D eigenvalue weighted by Gasteiger charge is 2.25. The van der Waals surface area contributed by atoms with Gasteiger partial charge >= 0.3 is 0 Å². The molecule has 4 rings (SSSR count). The van der Waals surface area contributed by atoms with Crippen molar-refractivity contribution in [3.63, 3.8) is 0 Å². The summed E-state index contributed by atoms with van der Waals surface area (Å²) in [5, 5.41) is 1.31. The Morgan fingerprint density at radius 1 is 0.615 bits per heavy atom. The van der Waals surface area contributed by atoms with Crippen molar-refractivity contribution >= 4 is 10.9 Å². The topological polar surface area (TPSA) is 14.1 Å². The number of rotatable bonds is 1. The van der Waals surface area contributed by atoms with E-state index in [4.69, 9.17) is 0 Å². The maximum atomic E-state index is 3.77. The fraction of sp³-hybridized carbons (Fsp3) is 0.240. The standard InChI is InChI=1S/C25H25N/c1-14-10-16(3)22(17(4)11-14)20-8-7-9-21-23-18(5)12-15(2)13-19(6)24(23)26-25(20)21/h7-13H,1-6H3/p+1. The first-order valence-corrected chi connectivity index (χ1v) is 9.30. The molecular weight excluding hydrogens is 314 g/mol. The molecular formula is C25H26N+. The molecule has 0 aromatic heterocycles. The normalized spacial score (nSPS) is 11.5. The molecule has 130 valence electrons. The van der Waals surface area contributed by atoms with Crippen LogP contribution in [0.1, 0.15) is 33.4 Å². The molecule has 0 unspecified atom stereocenters. The first-order valence-electron chi connectivity index (χ1n) is 9.30. The van der Waals surface area contributed by atoms with Crippen molar-refractivity contribution < 1.29 is 4.98 Å². The van der Waals surface area contributed by atoms with E-state index in [1.54, 1.807) is 0 Å². The van der Waals surface area contributed by atoms with Crippen LogP contribution >= 0.6 is 0 Å². The summed E-state index contributed by atoms with van der Waals surface area (Å²) in [5.41, 5.74) is 14.4. The summed E-state index contributed by atoms with van der Waals surface area (Å²) in [4.78, 5) is 3.77. The van der Waals surface area contributed by atoms with E-state index in [0.717, 1.165) is 0 Å². The molecule has 0 atom stereocenters. The summed E-state index contributed by atoms with van der Waals surface area (Å²) in [6.45, 7) is 13.2. The Morgan fingerprint density at radius 3 is 1.77 bits per heavy atom. The van der Waals surface area contributed by atoms with Crippen LogP contribution in [0.3, 0.4) is 0 Å². The van der Waals surface area contributed by atoms with Crippen LogP contribution in [0, 0.1) is 41.5 Å². The van der Waals surface area contributed by atoms with Crippen molar-refractivity contribution in [3.8, 4) is 22.4 Å². The summed E-state index contributed by atoms with van der Waals surface area (Å²) < 4.78 is 0. The molecule has 0 bridgehead atoms. The Kier molecular flexibility index (Phi) is 3.84. The maximum absolute atomic E-state index is 3.77. The fourth-order valence-corrected chi connectivity index (χ4v) is 4.61. The third-order valence-electron chi connectivity index (χ3n) is 5.46. The number of hydrogen-bond acceptors (Lipinski definition) is 0. The molecule has 0 radical (unpaired) electrons. The highest BCUT2D eigenvalue weighted by Crippen LogP contribution is 2.38. The number of nitrogens with one attached hydrogen (secondary N) is 1. The lowest BCUT2D eigenvalue weighted by atomic mass is 9.92. The van der Waals surface area contributed by atoms with Gasteiger partial charge in [-0.2, -0.15) is 0 Å². The van der Waals surface area contributed by atoms with Crippen molar-refractivity contribution in [3.05, 3.63) is 75.8 Å². The van der Waals surface area contributed by atoms with Crippen LogP contribution in [0.4, 0.5) is 0 Å². The quantitative estimate of drug-likeness (QED) is 0.387. The van der Waals surface area contributed by atoms with Gasteiger partial charge < -0.3 is 0 Å². The highest BCUT2D eigenvalue weighted by atomic mass is 14.7. The van der Waals surface area contributed by atoms with Crippen LogP contribution in [0.2, 0.25) is 0 Å². The second-order valence-electron chi connectivity index (χ2n) is 7.78. The molecule has 0 fully saturated rings. The predicted octanol–water partition coefficient (Wildman–Crippen LogP) is 6.28. The zero-order chi connectivity index (χ0) is 18.6. The molecule has 0 spiro atoms. The molecule has 1 nitrogen and oxygen atoms in total. The van der Waals surface area contributed by atoms with Crippen molar-refractivity contribution in [2.45, 2.75) is 41.5 Å². The SMILES string of the molecule is Cc1cc(C)c(-c2cccc3c4c(C)cc(C)cc(C)c-4[nH+]c23)c(C)c1.